The average Bonchev–Trinajstić information content (AvgIpc) is 2.26. The molecule has 1 amide bonds. The van der Waals surface area contributed by atoms with Crippen LogP contribution in [0.15, 0.2) is 18.2 Å². The predicted molar refractivity (Wildman–Crippen MR) is 68.7 cm³/mol. The largest absolute Gasteiger partial charge is 0.508 e. The quantitative estimate of drug-likeness (QED) is 0.767. The number of amides is 1. The van der Waals surface area contributed by atoms with Crippen LogP contribution in [-0.4, -0.2) is 22.7 Å². The van der Waals surface area contributed by atoms with Crippen molar-refractivity contribution < 1.29 is 15.0 Å². The highest BCUT2D eigenvalue weighted by molar-refractivity contribution is 5.95. The van der Waals surface area contributed by atoms with Gasteiger partial charge in [-0.05, 0) is 36.8 Å². The summed E-state index contributed by atoms with van der Waals surface area (Å²) in [5.41, 5.74) is 0.548. The first kappa shape index (κ1) is 12.7. The molecule has 1 aromatic carbocycles. The van der Waals surface area contributed by atoms with Crippen molar-refractivity contribution in [2.45, 2.75) is 32.6 Å². The number of hydrogen-bond donors (Lipinski definition) is 3. The van der Waals surface area contributed by atoms with Crippen molar-refractivity contribution in [2.75, 3.05) is 6.54 Å². The van der Waals surface area contributed by atoms with Crippen LogP contribution in [0.4, 0.5) is 0 Å². The highest BCUT2D eigenvalue weighted by atomic mass is 16.3. The fraction of sp³-hybridized carbons (Fsp3) is 0.500. The lowest BCUT2D eigenvalue weighted by atomic mass is 9.67. The van der Waals surface area contributed by atoms with Gasteiger partial charge in [-0.15, -0.1) is 0 Å². The van der Waals surface area contributed by atoms with Gasteiger partial charge in [0.05, 0.1) is 0 Å². The van der Waals surface area contributed by atoms with E-state index in [1.54, 1.807) is 0 Å². The van der Waals surface area contributed by atoms with Crippen LogP contribution < -0.4 is 5.32 Å². The van der Waals surface area contributed by atoms with Crippen LogP contribution in [0.2, 0.25) is 0 Å². The Hall–Kier alpha value is -1.71. The molecule has 1 aliphatic rings. The van der Waals surface area contributed by atoms with Gasteiger partial charge in [0.2, 0.25) is 0 Å². The Morgan fingerprint density at radius 2 is 1.89 bits per heavy atom. The van der Waals surface area contributed by atoms with Crippen LogP contribution in [0.3, 0.4) is 0 Å². The minimum absolute atomic E-state index is 0.103. The zero-order valence-corrected chi connectivity index (χ0v) is 10.6. The maximum atomic E-state index is 11.9. The maximum absolute atomic E-state index is 11.9. The Balaban J connectivity index is 1.99. The van der Waals surface area contributed by atoms with Crippen molar-refractivity contribution in [3.05, 3.63) is 23.8 Å². The molecule has 0 aliphatic heterocycles. The summed E-state index contributed by atoms with van der Waals surface area (Å²) in [7, 11) is 0. The third kappa shape index (κ3) is 2.58. The second-order valence-corrected chi connectivity index (χ2v) is 5.13. The molecule has 0 saturated heterocycles. The van der Waals surface area contributed by atoms with E-state index in [4.69, 9.17) is 0 Å². The number of phenolic OH excluding ortho intramolecular Hbond substituents is 2. The summed E-state index contributed by atoms with van der Waals surface area (Å²) in [4.78, 5) is 11.9. The van der Waals surface area contributed by atoms with E-state index in [9.17, 15) is 15.0 Å². The minimum Gasteiger partial charge on any atom is -0.508 e. The molecule has 0 aromatic heterocycles. The summed E-state index contributed by atoms with van der Waals surface area (Å²) in [5, 5.41) is 21.6. The summed E-state index contributed by atoms with van der Waals surface area (Å²) in [5.74, 6) is -0.455. The van der Waals surface area contributed by atoms with Crippen LogP contribution in [0, 0.1) is 5.41 Å². The molecule has 0 spiro atoms. The Labute approximate surface area is 107 Å². The van der Waals surface area contributed by atoms with Gasteiger partial charge in [0.1, 0.15) is 11.5 Å². The number of carbonyl (C=O) groups excluding carboxylic acids is 1. The van der Waals surface area contributed by atoms with Gasteiger partial charge in [0.15, 0.2) is 0 Å². The zero-order chi connectivity index (χ0) is 13.2. The molecule has 1 saturated carbocycles. The molecule has 98 valence electrons. The van der Waals surface area contributed by atoms with E-state index >= 15 is 0 Å². The molecule has 3 N–H and O–H groups in total. The number of hydrogen-bond acceptors (Lipinski definition) is 3. The Bertz CT molecular complexity index is 427. The fourth-order valence-corrected chi connectivity index (χ4v) is 2.43. The SMILES string of the molecule is CCC1(CNC(=O)c2cc(O)cc(O)c2)CCC1. The highest BCUT2D eigenvalue weighted by Crippen LogP contribution is 2.43. The molecular weight excluding hydrogens is 230 g/mol. The number of aromatic hydroxyl groups is 2. The monoisotopic (exact) mass is 249 g/mol. The second kappa shape index (κ2) is 4.88. The molecule has 4 heteroatoms. The van der Waals surface area contributed by atoms with Crippen LogP contribution in [0.1, 0.15) is 43.0 Å². The van der Waals surface area contributed by atoms with Crippen LogP contribution in [0.25, 0.3) is 0 Å². The number of carbonyl (C=O) groups is 1. The molecule has 0 heterocycles. The third-order valence-corrected chi connectivity index (χ3v) is 3.95. The van der Waals surface area contributed by atoms with Gasteiger partial charge >= 0.3 is 0 Å². The van der Waals surface area contributed by atoms with E-state index < -0.39 is 0 Å². The van der Waals surface area contributed by atoms with E-state index in [-0.39, 0.29) is 28.4 Å². The van der Waals surface area contributed by atoms with E-state index in [0.29, 0.717) is 6.54 Å². The Kier molecular flexibility index (Phi) is 3.45. The van der Waals surface area contributed by atoms with Gasteiger partial charge in [0.25, 0.3) is 5.91 Å². The second-order valence-electron chi connectivity index (χ2n) is 5.13. The Morgan fingerprint density at radius 3 is 2.33 bits per heavy atom. The first-order chi connectivity index (χ1) is 8.54. The summed E-state index contributed by atoms with van der Waals surface area (Å²) < 4.78 is 0. The van der Waals surface area contributed by atoms with E-state index in [1.165, 1.54) is 24.6 Å². The molecule has 0 bridgehead atoms. The zero-order valence-electron chi connectivity index (χ0n) is 10.6. The van der Waals surface area contributed by atoms with E-state index in [2.05, 4.69) is 12.2 Å². The molecule has 1 aliphatic carbocycles. The standard InChI is InChI=1S/C14H19NO3/c1-2-14(4-3-5-14)9-15-13(18)10-6-11(16)8-12(17)7-10/h6-8,16-17H,2-5,9H2,1H3,(H,15,18). The van der Waals surface area contributed by atoms with Crippen LogP contribution in [0.5, 0.6) is 11.5 Å². The van der Waals surface area contributed by atoms with Crippen molar-refractivity contribution in [3.8, 4) is 11.5 Å². The van der Waals surface area contributed by atoms with Crippen LogP contribution in [-0.2, 0) is 0 Å². The predicted octanol–water partition coefficient (Wildman–Crippen LogP) is 2.41. The minimum atomic E-state index is -0.249. The molecule has 1 fully saturated rings. The third-order valence-electron chi connectivity index (χ3n) is 3.95. The van der Waals surface area contributed by atoms with Gasteiger partial charge in [-0.3, -0.25) is 4.79 Å². The van der Waals surface area contributed by atoms with Crippen molar-refractivity contribution in [1.82, 2.24) is 5.32 Å². The fourth-order valence-electron chi connectivity index (χ4n) is 2.43. The normalized spacial score (nSPS) is 16.9. The maximum Gasteiger partial charge on any atom is 0.251 e. The lowest BCUT2D eigenvalue weighted by molar-refractivity contribution is 0.0849. The topological polar surface area (TPSA) is 69.6 Å². The smallest absolute Gasteiger partial charge is 0.251 e. The van der Waals surface area contributed by atoms with Gasteiger partial charge in [-0.2, -0.15) is 0 Å². The van der Waals surface area contributed by atoms with Crippen LogP contribution >= 0.6 is 0 Å². The van der Waals surface area contributed by atoms with Crippen molar-refractivity contribution in [2.24, 2.45) is 5.41 Å². The molecule has 0 atom stereocenters. The lowest BCUT2D eigenvalue weighted by Crippen LogP contribution is -2.41. The van der Waals surface area contributed by atoms with Crippen molar-refractivity contribution >= 4 is 5.91 Å². The molecule has 4 nitrogen and oxygen atoms in total. The molecule has 0 unspecified atom stereocenters. The molecule has 2 rings (SSSR count). The number of benzene rings is 1. The van der Waals surface area contributed by atoms with E-state index in [1.807, 2.05) is 0 Å². The van der Waals surface area contributed by atoms with Gasteiger partial charge in [0, 0.05) is 18.2 Å². The van der Waals surface area contributed by atoms with Gasteiger partial charge in [-0.25, -0.2) is 0 Å². The number of nitrogens with one attached hydrogen (secondary N) is 1. The van der Waals surface area contributed by atoms with E-state index in [0.717, 1.165) is 19.3 Å². The molecule has 1 aromatic rings. The van der Waals surface area contributed by atoms with Gasteiger partial charge < -0.3 is 15.5 Å². The van der Waals surface area contributed by atoms with Gasteiger partial charge in [-0.1, -0.05) is 13.3 Å². The first-order valence-corrected chi connectivity index (χ1v) is 6.36. The number of rotatable bonds is 4. The first-order valence-electron chi connectivity index (χ1n) is 6.36. The molecule has 18 heavy (non-hydrogen) atoms. The Morgan fingerprint density at radius 1 is 1.28 bits per heavy atom. The number of phenols is 2. The summed E-state index contributed by atoms with van der Waals surface area (Å²) in [6.45, 7) is 2.81. The molecular formula is C14H19NO3. The summed E-state index contributed by atoms with van der Waals surface area (Å²) in [6, 6.07) is 3.92. The summed E-state index contributed by atoms with van der Waals surface area (Å²) in [6.07, 6.45) is 4.62. The lowest BCUT2D eigenvalue weighted by Gasteiger charge is -2.41. The average molecular weight is 249 g/mol. The van der Waals surface area contributed by atoms with Crippen molar-refractivity contribution in [3.63, 3.8) is 0 Å². The van der Waals surface area contributed by atoms with Crippen molar-refractivity contribution in [1.29, 1.82) is 0 Å². The summed E-state index contributed by atoms with van der Waals surface area (Å²) >= 11 is 0. The molecule has 0 radical (unpaired) electrons. The highest BCUT2D eigenvalue weighted by Gasteiger charge is 2.35.